The van der Waals surface area contributed by atoms with Crippen LogP contribution in [0.3, 0.4) is 0 Å². The van der Waals surface area contributed by atoms with Crippen molar-refractivity contribution in [3.05, 3.63) is 0 Å². The lowest BCUT2D eigenvalue weighted by Crippen LogP contribution is -2.23. The van der Waals surface area contributed by atoms with Crippen molar-refractivity contribution >= 4 is 12.6 Å². The Morgan fingerprint density at radius 2 is 2.09 bits per heavy atom. The van der Waals surface area contributed by atoms with Crippen LogP contribution in [0.2, 0.25) is 0 Å². The van der Waals surface area contributed by atoms with Crippen LogP contribution in [0.15, 0.2) is 0 Å². The Bertz CT molecular complexity index is 159. The number of thiol groups is 1. The first-order valence-corrected chi connectivity index (χ1v) is 5.00. The van der Waals surface area contributed by atoms with Crippen molar-refractivity contribution in [3.8, 4) is 0 Å². The molecule has 2 heteroatoms. The zero-order valence-corrected chi connectivity index (χ0v) is 8.08. The van der Waals surface area contributed by atoms with Gasteiger partial charge in [-0.05, 0) is 37.6 Å². The molecular formula is C9H17NS. The predicted molar refractivity (Wildman–Crippen MR) is 51.2 cm³/mol. The fourth-order valence-corrected chi connectivity index (χ4v) is 3.13. The molecule has 0 aromatic heterocycles. The van der Waals surface area contributed by atoms with Gasteiger partial charge < -0.3 is 5.32 Å². The fraction of sp³-hybridized carbons (Fsp3) is 1.00. The van der Waals surface area contributed by atoms with Crippen molar-refractivity contribution in [2.24, 2.45) is 5.41 Å². The molecule has 0 aromatic carbocycles. The van der Waals surface area contributed by atoms with Gasteiger partial charge in [-0.2, -0.15) is 12.6 Å². The van der Waals surface area contributed by atoms with Gasteiger partial charge >= 0.3 is 0 Å². The second kappa shape index (κ2) is 2.40. The molecule has 0 amide bonds. The number of nitrogens with one attached hydrogen (secondary N) is 1. The molecule has 0 aromatic rings. The van der Waals surface area contributed by atoms with E-state index in [0.717, 1.165) is 0 Å². The zero-order valence-electron chi connectivity index (χ0n) is 7.19. The summed E-state index contributed by atoms with van der Waals surface area (Å²) in [6.45, 7) is 4.75. The van der Waals surface area contributed by atoms with Crippen LogP contribution in [0, 0.1) is 5.41 Å². The molecule has 11 heavy (non-hydrogen) atoms. The third kappa shape index (κ3) is 1.43. The molecule has 0 radical (unpaired) electrons. The fourth-order valence-electron chi connectivity index (χ4n) is 2.68. The van der Waals surface area contributed by atoms with Crippen molar-refractivity contribution in [1.82, 2.24) is 5.32 Å². The second-order valence-electron chi connectivity index (χ2n) is 4.60. The lowest BCUT2D eigenvalue weighted by molar-refractivity contribution is 0.329. The van der Waals surface area contributed by atoms with Crippen molar-refractivity contribution in [2.45, 2.75) is 37.4 Å². The Balaban J connectivity index is 2.07. The molecule has 2 unspecified atom stereocenters. The molecule has 2 aliphatic rings. The van der Waals surface area contributed by atoms with E-state index in [1.807, 2.05) is 0 Å². The average Bonchev–Trinajstić information content (AvgIpc) is 2.43. The van der Waals surface area contributed by atoms with E-state index in [1.54, 1.807) is 0 Å². The van der Waals surface area contributed by atoms with Gasteiger partial charge in [0.1, 0.15) is 0 Å². The molecule has 1 saturated heterocycles. The van der Waals surface area contributed by atoms with Gasteiger partial charge in [-0.1, -0.05) is 6.92 Å². The zero-order chi connectivity index (χ0) is 7.95. The molecule has 1 saturated carbocycles. The van der Waals surface area contributed by atoms with Crippen LogP contribution in [0.25, 0.3) is 0 Å². The molecule has 64 valence electrons. The molecule has 2 fully saturated rings. The van der Waals surface area contributed by atoms with E-state index in [-0.39, 0.29) is 0 Å². The highest BCUT2D eigenvalue weighted by Gasteiger charge is 2.45. The van der Waals surface area contributed by atoms with Crippen LogP contribution < -0.4 is 5.32 Å². The summed E-state index contributed by atoms with van der Waals surface area (Å²) >= 11 is 4.67. The monoisotopic (exact) mass is 171 g/mol. The van der Waals surface area contributed by atoms with Crippen molar-refractivity contribution in [1.29, 1.82) is 0 Å². The first-order valence-electron chi connectivity index (χ1n) is 4.55. The Morgan fingerprint density at radius 1 is 1.27 bits per heavy atom. The van der Waals surface area contributed by atoms with Crippen molar-refractivity contribution < 1.29 is 0 Å². The average molecular weight is 171 g/mol. The van der Waals surface area contributed by atoms with Gasteiger partial charge in [0, 0.05) is 11.3 Å². The van der Waals surface area contributed by atoms with Gasteiger partial charge in [-0.15, -0.1) is 0 Å². The topological polar surface area (TPSA) is 12.0 Å². The summed E-state index contributed by atoms with van der Waals surface area (Å²) in [7, 11) is 0. The number of rotatable bonds is 0. The Kier molecular flexibility index (Phi) is 1.73. The van der Waals surface area contributed by atoms with Gasteiger partial charge in [0.25, 0.3) is 0 Å². The maximum atomic E-state index is 4.67. The Morgan fingerprint density at radius 3 is 2.55 bits per heavy atom. The standard InChI is InChI=1S/C9H17NS/c1-8(11)2-3-9(6-8)4-5-10-7-9/h10-11H,2-7H2,1H3. The Labute approximate surface area is 74.4 Å². The van der Waals surface area contributed by atoms with Crippen LogP contribution in [0.4, 0.5) is 0 Å². The van der Waals surface area contributed by atoms with Gasteiger partial charge in [-0.25, -0.2) is 0 Å². The van der Waals surface area contributed by atoms with Gasteiger partial charge in [0.05, 0.1) is 0 Å². The molecule has 0 bridgehead atoms. The quantitative estimate of drug-likeness (QED) is 0.530. The van der Waals surface area contributed by atoms with E-state index in [0.29, 0.717) is 10.2 Å². The highest BCUT2D eigenvalue weighted by atomic mass is 32.1. The van der Waals surface area contributed by atoms with E-state index >= 15 is 0 Å². The smallest absolute Gasteiger partial charge is 0.0107 e. The molecule has 1 heterocycles. The van der Waals surface area contributed by atoms with E-state index < -0.39 is 0 Å². The SMILES string of the molecule is CC1(S)CCC2(CCNC2)C1. The minimum absolute atomic E-state index is 0.325. The van der Waals surface area contributed by atoms with E-state index in [2.05, 4.69) is 24.9 Å². The first kappa shape index (κ1) is 7.93. The van der Waals surface area contributed by atoms with Gasteiger partial charge in [0.15, 0.2) is 0 Å². The summed E-state index contributed by atoms with van der Waals surface area (Å²) in [5, 5.41) is 3.46. The van der Waals surface area contributed by atoms with Crippen molar-refractivity contribution in [3.63, 3.8) is 0 Å². The molecule has 1 aliphatic heterocycles. The highest BCUT2D eigenvalue weighted by Crippen LogP contribution is 2.50. The summed E-state index contributed by atoms with van der Waals surface area (Å²) in [5.41, 5.74) is 0.635. The molecule has 1 nitrogen and oxygen atoms in total. The molecule has 2 atom stereocenters. The van der Waals surface area contributed by atoms with Crippen molar-refractivity contribution in [2.75, 3.05) is 13.1 Å². The maximum Gasteiger partial charge on any atom is 0.0107 e. The lowest BCUT2D eigenvalue weighted by Gasteiger charge is -2.23. The third-order valence-electron chi connectivity index (χ3n) is 3.28. The molecule has 2 rings (SSSR count). The third-order valence-corrected chi connectivity index (χ3v) is 3.66. The summed E-state index contributed by atoms with van der Waals surface area (Å²) in [4.78, 5) is 0. The second-order valence-corrected chi connectivity index (χ2v) is 5.68. The molecule has 1 spiro atoms. The predicted octanol–water partition coefficient (Wildman–Crippen LogP) is 1.84. The molecular weight excluding hydrogens is 154 g/mol. The van der Waals surface area contributed by atoms with E-state index in [1.165, 1.54) is 38.8 Å². The van der Waals surface area contributed by atoms with Crippen LogP contribution in [-0.2, 0) is 0 Å². The minimum atomic E-state index is 0.325. The summed E-state index contributed by atoms with van der Waals surface area (Å²) in [6, 6.07) is 0. The summed E-state index contributed by atoms with van der Waals surface area (Å²) in [5.74, 6) is 0. The number of hydrogen-bond acceptors (Lipinski definition) is 2. The van der Waals surface area contributed by atoms with Crippen LogP contribution in [0.1, 0.15) is 32.6 Å². The largest absolute Gasteiger partial charge is 0.316 e. The van der Waals surface area contributed by atoms with E-state index in [9.17, 15) is 0 Å². The highest BCUT2D eigenvalue weighted by molar-refractivity contribution is 7.81. The maximum absolute atomic E-state index is 4.67. The van der Waals surface area contributed by atoms with Crippen LogP contribution in [0.5, 0.6) is 0 Å². The number of hydrogen-bond donors (Lipinski definition) is 2. The van der Waals surface area contributed by atoms with Gasteiger partial charge in [0.2, 0.25) is 0 Å². The van der Waals surface area contributed by atoms with Crippen LogP contribution in [-0.4, -0.2) is 17.8 Å². The normalized spacial score (nSPS) is 50.7. The molecule has 1 N–H and O–H groups in total. The summed E-state index contributed by atoms with van der Waals surface area (Å²) < 4.78 is 0.325. The molecule has 1 aliphatic carbocycles. The minimum Gasteiger partial charge on any atom is -0.316 e. The van der Waals surface area contributed by atoms with Crippen LogP contribution >= 0.6 is 12.6 Å². The summed E-state index contributed by atoms with van der Waals surface area (Å²) in [6.07, 6.45) is 5.39. The van der Waals surface area contributed by atoms with E-state index in [4.69, 9.17) is 0 Å². The first-order chi connectivity index (χ1) is 5.12. The lowest BCUT2D eigenvalue weighted by atomic mass is 9.85. The van der Waals surface area contributed by atoms with Gasteiger partial charge in [-0.3, -0.25) is 0 Å². The Hall–Kier alpha value is 0.310.